The van der Waals surface area contributed by atoms with Crippen molar-refractivity contribution in [2.45, 2.75) is 19.3 Å². The molecule has 6 aromatic carbocycles. The van der Waals surface area contributed by atoms with Crippen molar-refractivity contribution < 1.29 is 0 Å². The van der Waals surface area contributed by atoms with Gasteiger partial charge in [-0.3, -0.25) is 0 Å². The van der Waals surface area contributed by atoms with E-state index in [1.54, 1.807) is 0 Å². The second kappa shape index (κ2) is 6.21. The van der Waals surface area contributed by atoms with Gasteiger partial charge in [-0.2, -0.15) is 0 Å². The van der Waals surface area contributed by atoms with Crippen LogP contribution in [0.1, 0.15) is 25.0 Å². The van der Waals surface area contributed by atoms with E-state index < -0.39 is 0 Å². The summed E-state index contributed by atoms with van der Waals surface area (Å²) in [5.41, 5.74) is 5.54. The SMILES string of the molecule is CC1(C)c2ccc(Br)cc2-c2c1c1c3ccccc3c3ccccc3c1c1ccccc21. The van der Waals surface area contributed by atoms with Crippen molar-refractivity contribution in [2.24, 2.45) is 0 Å². The standard InChI is InChI=1S/C31H21Br/c1-31(2)26-16-15-18(32)17-25(26)28-24-14-8-7-13-23(24)27-21-11-5-3-9-19(21)20-10-4-6-12-22(20)29(27)30(28)31/h3-17H,1-2H3. The normalized spacial score (nSPS) is 14.3. The van der Waals surface area contributed by atoms with Crippen LogP contribution in [0, 0.1) is 0 Å². The maximum atomic E-state index is 3.74. The molecule has 0 fully saturated rings. The second-order valence-corrected chi connectivity index (χ2v) is 10.4. The average molecular weight is 473 g/mol. The maximum Gasteiger partial charge on any atom is 0.0181 e. The van der Waals surface area contributed by atoms with E-state index in [2.05, 4.69) is 121 Å². The van der Waals surface area contributed by atoms with E-state index in [4.69, 9.17) is 0 Å². The minimum atomic E-state index is -0.0844. The number of benzene rings is 6. The highest BCUT2D eigenvalue weighted by Gasteiger charge is 2.39. The summed E-state index contributed by atoms with van der Waals surface area (Å²) in [4.78, 5) is 0. The van der Waals surface area contributed by atoms with Gasteiger partial charge < -0.3 is 0 Å². The molecule has 0 atom stereocenters. The summed E-state index contributed by atoms with van der Waals surface area (Å²) in [6.45, 7) is 4.79. The fraction of sp³-hybridized carbons (Fsp3) is 0.0968. The molecule has 0 heterocycles. The molecular weight excluding hydrogens is 452 g/mol. The number of halogens is 1. The third-order valence-corrected chi connectivity index (χ3v) is 7.94. The quantitative estimate of drug-likeness (QED) is 0.193. The van der Waals surface area contributed by atoms with E-state index in [1.807, 2.05) is 0 Å². The number of hydrogen-bond acceptors (Lipinski definition) is 0. The number of fused-ring (bicyclic) bond motifs is 13. The van der Waals surface area contributed by atoms with Gasteiger partial charge in [0.15, 0.2) is 0 Å². The summed E-state index contributed by atoms with van der Waals surface area (Å²) in [6.07, 6.45) is 0. The molecule has 0 nitrogen and oxygen atoms in total. The summed E-state index contributed by atoms with van der Waals surface area (Å²) >= 11 is 3.74. The highest BCUT2D eigenvalue weighted by atomic mass is 79.9. The molecule has 0 spiro atoms. The molecule has 0 saturated heterocycles. The molecule has 152 valence electrons. The van der Waals surface area contributed by atoms with Gasteiger partial charge in [-0.1, -0.05) is 109 Å². The van der Waals surface area contributed by atoms with E-state index >= 15 is 0 Å². The summed E-state index contributed by atoms with van der Waals surface area (Å²) in [5, 5.41) is 10.8. The average Bonchev–Trinajstić information content (AvgIpc) is 3.05. The third-order valence-electron chi connectivity index (χ3n) is 7.45. The first-order chi connectivity index (χ1) is 15.6. The monoisotopic (exact) mass is 472 g/mol. The van der Waals surface area contributed by atoms with Crippen molar-refractivity contribution in [3.63, 3.8) is 0 Å². The fourth-order valence-electron chi connectivity index (χ4n) is 6.17. The van der Waals surface area contributed by atoms with E-state index in [0.29, 0.717) is 0 Å². The lowest BCUT2D eigenvalue weighted by Gasteiger charge is -2.25. The number of hydrogen-bond donors (Lipinski definition) is 0. The third kappa shape index (κ3) is 2.17. The van der Waals surface area contributed by atoms with Crippen molar-refractivity contribution in [3.8, 4) is 11.1 Å². The van der Waals surface area contributed by atoms with Crippen LogP contribution >= 0.6 is 15.9 Å². The van der Waals surface area contributed by atoms with Gasteiger partial charge in [-0.05, 0) is 77.5 Å². The van der Waals surface area contributed by atoms with E-state index in [1.165, 1.54) is 65.3 Å². The van der Waals surface area contributed by atoms with Crippen LogP contribution in [0.4, 0.5) is 0 Å². The van der Waals surface area contributed by atoms with Gasteiger partial charge in [-0.15, -0.1) is 0 Å². The molecule has 7 rings (SSSR count). The fourth-order valence-corrected chi connectivity index (χ4v) is 6.53. The van der Waals surface area contributed by atoms with Gasteiger partial charge in [0.2, 0.25) is 0 Å². The summed E-state index contributed by atoms with van der Waals surface area (Å²) < 4.78 is 1.13. The molecule has 0 bridgehead atoms. The molecule has 6 aromatic rings. The van der Waals surface area contributed by atoms with Crippen LogP contribution in [0.25, 0.3) is 54.2 Å². The smallest absolute Gasteiger partial charge is 0.0181 e. The van der Waals surface area contributed by atoms with Crippen LogP contribution in [-0.2, 0) is 5.41 Å². The molecule has 0 radical (unpaired) electrons. The topological polar surface area (TPSA) is 0 Å². The van der Waals surface area contributed by atoms with Crippen LogP contribution in [0.15, 0.2) is 95.5 Å². The molecule has 32 heavy (non-hydrogen) atoms. The predicted octanol–water partition coefficient (Wildman–Crippen LogP) is 9.37. The van der Waals surface area contributed by atoms with Crippen LogP contribution in [-0.4, -0.2) is 0 Å². The Morgan fingerprint density at radius 1 is 0.562 bits per heavy atom. The number of rotatable bonds is 0. The first kappa shape index (κ1) is 18.4. The van der Waals surface area contributed by atoms with E-state index in [-0.39, 0.29) is 5.41 Å². The lowest BCUT2D eigenvalue weighted by molar-refractivity contribution is 0.667. The van der Waals surface area contributed by atoms with Crippen LogP contribution in [0.5, 0.6) is 0 Å². The minimum Gasteiger partial charge on any atom is -0.0616 e. The Kier molecular flexibility index (Phi) is 3.57. The molecule has 1 heteroatoms. The molecule has 0 N–H and O–H groups in total. The van der Waals surface area contributed by atoms with Gasteiger partial charge in [0.1, 0.15) is 0 Å². The highest BCUT2D eigenvalue weighted by molar-refractivity contribution is 9.10. The molecule has 0 saturated carbocycles. The summed E-state index contributed by atoms with van der Waals surface area (Å²) in [7, 11) is 0. The maximum absolute atomic E-state index is 3.74. The zero-order chi connectivity index (χ0) is 21.6. The zero-order valence-electron chi connectivity index (χ0n) is 18.0. The van der Waals surface area contributed by atoms with Gasteiger partial charge in [0.25, 0.3) is 0 Å². The Bertz CT molecular complexity index is 1750. The molecule has 1 aliphatic rings. The first-order valence-corrected chi connectivity index (χ1v) is 12.0. The minimum absolute atomic E-state index is 0.0844. The van der Waals surface area contributed by atoms with Crippen molar-refractivity contribution in [1.29, 1.82) is 0 Å². The van der Waals surface area contributed by atoms with Crippen molar-refractivity contribution in [3.05, 3.63) is 107 Å². The van der Waals surface area contributed by atoms with Crippen molar-refractivity contribution in [1.82, 2.24) is 0 Å². The Hall–Kier alpha value is -3.16. The zero-order valence-corrected chi connectivity index (χ0v) is 19.6. The van der Waals surface area contributed by atoms with E-state index in [0.717, 1.165) is 4.47 Å². The molecule has 0 aromatic heterocycles. The lowest BCUT2D eigenvalue weighted by atomic mass is 9.77. The molecule has 0 aliphatic heterocycles. The van der Waals surface area contributed by atoms with Crippen LogP contribution < -0.4 is 0 Å². The lowest BCUT2D eigenvalue weighted by Crippen LogP contribution is -2.15. The summed E-state index contributed by atoms with van der Waals surface area (Å²) in [5.74, 6) is 0. The molecule has 1 aliphatic carbocycles. The van der Waals surface area contributed by atoms with Crippen molar-refractivity contribution >= 4 is 59.0 Å². The van der Waals surface area contributed by atoms with Crippen LogP contribution in [0.2, 0.25) is 0 Å². The highest BCUT2D eigenvalue weighted by Crippen LogP contribution is 2.57. The Morgan fingerprint density at radius 3 is 1.69 bits per heavy atom. The van der Waals surface area contributed by atoms with E-state index in [9.17, 15) is 0 Å². The molecular formula is C31H21Br. The Balaban J connectivity index is 1.90. The van der Waals surface area contributed by atoms with Gasteiger partial charge in [-0.25, -0.2) is 0 Å². The van der Waals surface area contributed by atoms with Gasteiger partial charge in [0, 0.05) is 9.89 Å². The van der Waals surface area contributed by atoms with Gasteiger partial charge >= 0.3 is 0 Å². The second-order valence-electron chi connectivity index (χ2n) is 9.45. The Labute approximate surface area is 195 Å². The largest absolute Gasteiger partial charge is 0.0616 e. The van der Waals surface area contributed by atoms with Crippen LogP contribution in [0.3, 0.4) is 0 Å². The molecule has 0 amide bonds. The Morgan fingerprint density at radius 2 is 1.06 bits per heavy atom. The first-order valence-electron chi connectivity index (χ1n) is 11.2. The van der Waals surface area contributed by atoms with Crippen molar-refractivity contribution in [2.75, 3.05) is 0 Å². The summed E-state index contributed by atoms with van der Waals surface area (Å²) in [6, 6.07) is 33.6. The predicted molar refractivity (Wildman–Crippen MR) is 142 cm³/mol. The molecule has 0 unspecified atom stereocenters. The van der Waals surface area contributed by atoms with Gasteiger partial charge in [0.05, 0.1) is 0 Å².